The lowest BCUT2D eigenvalue weighted by molar-refractivity contribution is 0.0559. The molecule has 0 aromatic carbocycles. The summed E-state index contributed by atoms with van der Waals surface area (Å²) < 4.78 is 5.73. The van der Waals surface area contributed by atoms with Crippen LogP contribution in [0.5, 0.6) is 0 Å². The molecule has 2 atom stereocenters. The van der Waals surface area contributed by atoms with E-state index in [4.69, 9.17) is 4.74 Å². The first-order valence-corrected chi connectivity index (χ1v) is 6.33. The Kier molecular flexibility index (Phi) is 3.72. The molecule has 0 saturated carbocycles. The number of nitrogens with zero attached hydrogens (tertiary/aromatic N) is 1. The molecule has 2 rings (SSSR count). The van der Waals surface area contributed by atoms with E-state index < -0.39 is 0 Å². The summed E-state index contributed by atoms with van der Waals surface area (Å²) in [7, 11) is 0. The summed E-state index contributed by atoms with van der Waals surface area (Å²) in [6, 6.07) is 0. The van der Waals surface area contributed by atoms with Crippen LogP contribution in [-0.2, 0) is 11.3 Å². The van der Waals surface area contributed by atoms with Crippen molar-refractivity contribution in [1.29, 1.82) is 0 Å². The van der Waals surface area contributed by atoms with Gasteiger partial charge in [-0.15, -0.1) is 11.3 Å². The molecular formula is C11H18N2OS. The lowest BCUT2D eigenvalue weighted by Crippen LogP contribution is -2.26. The zero-order chi connectivity index (χ0) is 10.7. The van der Waals surface area contributed by atoms with Crippen LogP contribution in [0.4, 0.5) is 0 Å². The molecule has 1 aliphatic rings. The molecule has 2 unspecified atom stereocenters. The van der Waals surface area contributed by atoms with Crippen molar-refractivity contribution >= 4 is 11.3 Å². The van der Waals surface area contributed by atoms with E-state index in [-0.39, 0.29) is 0 Å². The molecule has 1 aliphatic heterocycles. The third-order valence-electron chi connectivity index (χ3n) is 2.66. The van der Waals surface area contributed by atoms with Crippen molar-refractivity contribution in [2.75, 3.05) is 6.54 Å². The smallest absolute Gasteiger partial charge is 0.0897 e. The Morgan fingerprint density at radius 2 is 2.47 bits per heavy atom. The molecule has 1 aromatic heterocycles. The Morgan fingerprint density at radius 1 is 1.60 bits per heavy atom. The monoisotopic (exact) mass is 226 g/mol. The van der Waals surface area contributed by atoms with Crippen LogP contribution >= 0.6 is 11.3 Å². The minimum Gasteiger partial charge on any atom is -0.374 e. The van der Waals surface area contributed by atoms with E-state index in [0.29, 0.717) is 12.2 Å². The maximum atomic E-state index is 5.73. The third kappa shape index (κ3) is 3.26. The molecule has 0 bridgehead atoms. The maximum Gasteiger partial charge on any atom is 0.0897 e. The predicted molar refractivity (Wildman–Crippen MR) is 62.1 cm³/mol. The van der Waals surface area contributed by atoms with Crippen LogP contribution in [0.3, 0.4) is 0 Å². The Morgan fingerprint density at radius 3 is 3.07 bits per heavy atom. The third-order valence-corrected chi connectivity index (χ3v) is 3.57. The second-order valence-electron chi connectivity index (χ2n) is 4.12. The van der Waals surface area contributed by atoms with Gasteiger partial charge in [0.1, 0.15) is 0 Å². The summed E-state index contributed by atoms with van der Waals surface area (Å²) in [4.78, 5) is 5.53. The highest BCUT2D eigenvalue weighted by Crippen LogP contribution is 2.18. The predicted octanol–water partition coefficient (Wildman–Crippen LogP) is 2.11. The van der Waals surface area contributed by atoms with Crippen molar-refractivity contribution in [1.82, 2.24) is 10.3 Å². The average Bonchev–Trinajstić information content (AvgIpc) is 2.76. The highest BCUT2D eigenvalue weighted by Gasteiger charge is 2.20. The SMILES string of the molecule is Cc1ncc(CNCC2CCC(C)O2)s1. The molecule has 1 aromatic rings. The zero-order valence-corrected chi connectivity index (χ0v) is 10.1. The van der Waals surface area contributed by atoms with E-state index in [2.05, 4.69) is 17.2 Å². The standard InChI is InChI=1S/C11H18N2OS/c1-8-3-4-10(14-8)5-12-6-11-7-13-9(2)15-11/h7-8,10,12H,3-6H2,1-2H3. The zero-order valence-electron chi connectivity index (χ0n) is 9.32. The van der Waals surface area contributed by atoms with E-state index in [1.807, 2.05) is 13.1 Å². The maximum absolute atomic E-state index is 5.73. The second-order valence-corrected chi connectivity index (χ2v) is 5.44. The molecule has 3 nitrogen and oxygen atoms in total. The van der Waals surface area contributed by atoms with Crippen LogP contribution in [0.1, 0.15) is 29.7 Å². The molecule has 2 heterocycles. The van der Waals surface area contributed by atoms with Crippen LogP contribution < -0.4 is 5.32 Å². The molecule has 0 spiro atoms. The van der Waals surface area contributed by atoms with Crippen molar-refractivity contribution in [2.24, 2.45) is 0 Å². The van der Waals surface area contributed by atoms with Gasteiger partial charge in [-0.3, -0.25) is 0 Å². The molecule has 0 aliphatic carbocycles. The molecular weight excluding hydrogens is 208 g/mol. The summed E-state index contributed by atoms with van der Waals surface area (Å²) in [5.74, 6) is 0. The molecule has 1 N–H and O–H groups in total. The van der Waals surface area contributed by atoms with Crippen molar-refractivity contribution in [3.8, 4) is 0 Å². The highest BCUT2D eigenvalue weighted by molar-refractivity contribution is 7.11. The van der Waals surface area contributed by atoms with Crippen molar-refractivity contribution in [3.05, 3.63) is 16.1 Å². The number of nitrogens with one attached hydrogen (secondary N) is 1. The molecule has 0 amide bonds. The largest absolute Gasteiger partial charge is 0.374 e. The number of thiazole rings is 1. The minimum atomic E-state index is 0.411. The number of hydrogen-bond acceptors (Lipinski definition) is 4. The van der Waals surface area contributed by atoms with Gasteiger partial charge in [0.2, 0.25) is 0 Å². The lowest BCUT2D eigenvalue weighted by Gasteiger charge is -2.11. The lowest BCUT2D eigenvalue weighted by atomic mass is 10.2. The first-order valence-electron chi connectivity index (χ1n) is 5.51. The van der Waals surface area contributed by atoms with E-state index in [0.717, 1.165) is 18.1 Å². The Labute approximate surface area is 94.9 Å². The van der Waals surface area contributed by atoms with E-state index in [1.165, 1.54) is 17.7 Å². The van der Waals surface area contributed by atoms with Gasteiger partial charge in [0, 0.05) is 24.2 Å². The van der Waals surface area contributed by atoms with Crippen LogP contribution in [0.25, 0.3) is 0 Å². The van der Waals surface area contributed by atoms with Gasteiger partial charge in [0.15, 0.2) is 0 Å². The van der Waals surface area contributed by atoms with Crippen LogP contribution in [0.15, 0.2) is 6.20 Å². The quantitative estimate of drug-likeness (QED) is 0.854. The van der Waals surface area contributed by atoms with Gasteiger partial charge in [0.05, 0.1) is 17.2 Å². The average molecular weight is 226 g/mol. The normalized spacial score (nSPS) is 26.0. The Hall–Kier alpha value is -0.450. The number of rotatable bonds is 4. The van der Waals surface area contributed by atoms with Gasteiger partial charge in [-0.2, -0.15) is 0 Å². The fourth-order valence-electron chi connectivity index (χ4n) is 1.88. The molecule has 15 heavy (non-hydrogen) atoms. The van der Waals surface area contributed by atoms with E-state index >= 15 is 0 Å². The Bertz CT molecular complexity index is 313. The Balaban J connectivity index is 1.67. The van der Waals surface area contributed by atoms with Gasteiger partial charge in [-0.25, -0.2) is 4.98 Å². The fourth-order valence-corrected chi connectivity index (χ4v) is 2.64. The van der Waals surface area contributed by atoms with Gasteiger partial charge >= 0.3 is 0 Å². The second kappa shape index (κ2) is 5.05. The summed E-state index contributed by atoms with van der Waals surface area (Å²) in [6.07, 6.45) is 5.20. The van der Waals surface area contributed by atoms with Crippen LogP contribution in [0.2, 0.25) is 0 Å². The number of aromatic nitrogens is 1. The highest BCUT2D eigenvalue weighted by atomic mass is 32.1. The van der Waals surface area contributed by atoms with E-state index in [1.54, 1.807) is 11.3 Å². The first kappa shape index (κ1) is 11.0. The fraction of sp³-hybridized carbons (Fsp3) is 0.727. The van der Waals surface area contributed by atoms with Gasteiger partial charge in [-0.1, -0.05) is 0 Å². The summed E-state index contributed by atoms with van der Waals surface area (Å²) in [5.41, 5.74) is 0. The summed E-state index contributed by atoms with van der Waals surface area (Å²) in [6.45, 7) is 6.06. The summed E-state index contributed by atoms with van der Waals surface area (Å²) >= 11 is 1.76. The summed E-state index contributed by atoms with van der Waals surface area (Å²) in [5, 5.41) is 4.56. The topological polar surface area (TPSA) is 34.2 Å². The van der Waals surface area contributed by atoms with Crippen molar-refractivity contribution in [2.45, 2.75) is 45.4 Å². The molecule has 4 heteroatoms. The van der Waals surface area contributed by atoms with Gasteiger partial charge in [-0.05, 0) is 26.7 Å². The molecule has 1 saturated heterocycles. The van der Waals surface area contributed by atoms with Gasteiger partial charge in [0.25, 0.3) is 0 Å². The number of hydrogen-bond donors (Lipinski definition) is 1. The van der Waals surface area contributed by atoms with E-state index in [9.17, 15) is 0 Å². The number of aryl methyl sites for hydroxylation is 1. The minimum absolute atomic E-state index is 0.411. The van der Waals surface area contributed by atoms with Crippen LogP contribution in [0, 0.1) is 6.92 Å². The molecule has 0 radical (unpaired) electrons. The number of ether oxygens (including phenoxy) is 1. The van der Waals surface area contributed by atoms with Crippen molar-refractivity contribution in [3.63, 3.8) is 0 Å². The van der Waals surface area contributed by atoms with Crippen molar-refractivity contribution < 1.29 is 4.74 Å². The first-order chi connectivity index (χ1) is 7.24. The molecule has 84 valence electrons. The van der Waals surface area contributed by atoms with Crippen LogP contribution in [-0.4, -0.2) is 23.7 Å². The van der Waals surface area contributed by atoms with Gasteiger partial charge < -0.3 is 10.1 Å². The molecule has 1 fully saturated rings.